The zero-order chi connectivity index (χ0) is 19.3. The number of aromatic nitrogens is 1. The summed E-state index contributed by atoms with van der Waals surface area (Å²) in [7, 11) is 0. The van der Waals surface area contributed by atoms with Crippen LogP contribution in [0.25, 0.3) is 0 Å². The molecule has 1 aliphatic heterocycles. The molecular formula is C21H20N2O5. The number of benzene rings is 1. The van der Waals surface area contributed by atoms with Gasteiger partial charge in [0.2, 0.25) is 5.78 Å². The predicted octanol–water partition coefficient (Wildman–Crippen LogP) is 2.07. The fourth-order valence-electron chi connectivity index (χ4n) is 4.37. The van der Waals surface area contributed by atoms with E-state index in [-0.39, 0.29) is 24.1 Å². The second-order valence-electron chi connectivity index (χ2n) is 7.54. The number of Topliss-reactive ketones (excluding diaryl/α,β-unsaturated/α-hetero) is 1. The summed E-state index contributed by atoms with van der Waals surface area (Å²) in [5, 5.41) is 15.2. The third-order valence-electron chi connectivity index (χ3n) is 5.98. The molecule has 28 heavy (non-hydrogen) atoms. The maximum absolute atomic E-state index is 13.2. The quantitative estimate of drug-likeness (QED) is 0.812. The minimum atomic E-state index is -2.10. The smallest absolute Gasteiger partial charge is 0.265 e. The van der Waals surface area contributed by atoms with Crippen molar-refractivity contribution in [2.45, 2.75) is 31.1 Å². The van der Waals surface area contributed by atoms with Crippen molar-refractivity contribution < 1.29 is 24.0 Å². The summed E-state index contributed by atoms with van der Waals surface area (Å²) in [5.74, 6) is -1.42. The average molecular weight is 380 g/mol. The summed E-state index contributed by atoms with van der Waals surface area (Å²) in [5.41, 5.74) is -1.09. The van der Waals surface area contributed by atoms with E-state index in [2.05, 4.69) is 10.1 Å². The van der Waals surface area contributed by atoms with E-state index in [0.29, 0.717) is 12.2 Å². The van der Waals surface area contributed by atoms with Gasteiger partial charge in [0.1, 0.15) is 12.2 Å². The Morgan fingerprint density at radius 2 is 2.04 bits per heavy atom. The number of carbonyl (C=O) groups excluding carboxylic acids is 2. The molecule has 3 aliphatic rings. The van der Waals surface area contributed by atoms with Crippen LogP contribution in [-0.4, -0.2) is 45.4 Å². The van der Waals surface area contributed by atoms with Crippen LogP contribution in [0.1, 0.15) is 40.6 Å². The summed E-state index contributed by atoms with van der Waals surface area (Å²) >= 11 is 0. The maximum Gasteiger partial charge on any atom is 0.265 e. The molecule has 0 radical (unpaired) electrons. The van der Waals surface area contributed by atoms with Gasteiger partial charge in [0.25, 0.3) is 5.88 Å². The summed E-state index contributed by atoms with van der Waals surface area (Å²) in [4.78, 5) is 28.0. The highest BCUT2D eigenvalue weighted by atomic mass is 16.5. The van der Waals surface area contributed by atoms with Gasteiger partial charge in [-0.25, -0.2) is 0 Å². The Kier molecular flexibility index (Phi) is 3.96. The first-order valence-electron chi connectivity index (χ1n) is 9.49. The molecule has 2 aromatic rings. The minimum Gasteiger partial charge on any atom is -0.470 e. The van der Waals surface area contributed by atoms with Crippen molar-refractivity contribution in [1.29, 1.82) is 0 Å². The van der Waals surface area contributed by atoms with Crippen LogP contribution in [-0.2, 0) is 11.4 Å². The second kappa shape index (κ2) is 6.39. The second-order valence-corrected chi connectivity index (χ2v) is 7.54. The van der Waals surface area contributed by atoms with Gasteiger partial charge in [0.15, 0.2) is 17.1 Å². The summed E-state index contributed by atoms with van der Waals surface area (Å²) in [6, 6.07) is 9.11. The van der Waals surface area contributed by atoms with Gasteiger partial charge in [-0.1, -0.05) is 36.4 Å². The normalized spacial score (nSPS) is 29.2. The molecule has 0 saturated carbocycles. The lowest BCUT2D eigenvalue weighted by Gasteiger charge is -2.48. The Labute approximate surface area is 161 Å². The van der Waals surface area contributed by atoms with Crippen molar-refractivity contribution in [1.82, 2.24) is 10.1 Å². The highest BCUT2D eigenvalue weighted by Crippen LogP contribution is 2.50. The van der Waals surface area contributed by atoms with Crippen molar-refractivity contribution in [3.8, 4) is 5.88 Å². The minimum absolute atomic E-state index is 0.0311. The van der Waals surface area contributed by atoms with Gasteiger partial charge in [-0.2, -0.15) is 0 Å². The van der Waals surface area contributed by atoms with Gasteiger partial charge in [0.05, 0.1) is 6.04 Å². The number of nitrogens with zero attached hydrogens (tertiary/aromatic N) is 2. The SMILES string of the molecule is O=C1C=CCC2[C@H](N3CCC3)c3onc(OCc4ccccc4)c3C(=O)[C@@]12O. The molecule has 1 fully saturated rings. The topological polar surface area (TPSA) is 92.9 Å². The standard InChI is InChI=1S/C21H20N2O5/c24-15-9-4-8-14-17(23-10-5-11-23)18-16(19(25)21(14,15)26)20(22-28-18)27-12-13-6-2-1-3-7-13/h1-4,6-7,9,14,17,26H,5,8,10-12H2/t14?,17-,21-/m0/s1. The number of ketones is 2. The van der Waals surface area contributed by atoms with Crippen molar-refractivity contribution in [3.05, 3.63) is 59.4 Å². The molecule has 1 aromatic heterocycles. The van der Waals surface area contributed by atoms with E-state index in [1.165, 1.54) is 6.08 Å². The fraction of sp³-hybridized carbons (Fsp3) is 0.381. The number of carbonyl (C=O) groups is 2. The molecule has 7 nitrogen and oxygen atoms in total. The van der Waals surface area contributed by atoms with Gasteiger partial charge in [0, 0.05) is 19.0 Å². The first-order chi connectivity index (χ1) is 13.6. The number of fused-ring (bicyclic) bond motifs is 2. The zero-order valence-electron chi connectivity index (χ0n) is 15.2. The molecule has 0 spiro atoms. The average Bonchev–Trinajstić information content (AvgIpc) is 3.09. The molecule has 1 unspecified atom stereocenters. The molecule has 2 aliphatic carbocycles. The van der Waals surface area contributed by atoms with Gasteiger partial charge in [-0.15, -0.1) is 0 Å². The summed E-state index contributed by atoms with van der Waals surface area (Å²) < 4.78 is 11.3. The number of likely N-dealkylation sites (tertiary alicyclic amines) is 1. The number of rotatable bonds is 4. The third kappa shape index (κ3) is 2.40. The lowest BCUT2D eigenvalue weighted by Crippen LogP contribution is -2.61. The first-order valence-corrected chi connectivity index (χ1v) is 9.49. The highest BCUT2D eigenvalue weighted by molar-refractivity contribution is 6.23. The lowest BCUT2D eigenvalue weighted by molar-refractivity contribution is -0.139. The van der Waals surface area contributed by atoms with E-state index in [9.17, 15) is 14.7 Å². The van der Waals surface area contributed by atoms with Gasteiger partial charge in [-0.05, 0) is 29.6 Å². The molecule has 1 N–H and O–H groups in total. The zero-order valence-corrected chi connectivity index (χ0v) is 15.2. The van der Waals surface area contributed by atoms with E-state index in [4.69, 9.17) is 9.26 Å². The Morgan fingerprint density at radius 1 is 1.25 bits per heavy atom. The number of ether oxygens (including phenoxy) is 1. The fourth-order valence-corrected chi connectivity index (χ4v) is 4.37. The van der Waals surface area contributed by atoms with Crippen LogP contribution < -0.4 is 4.74 Å². The van der Waals surface area contributed by atoms with E-state index in [0.717, 1.165) is 25.1 Å². The Balaban J connectivity index is 1.55. The van der Waals surface area contributed by atoms with Gasteiger partial charge < -0.3 is 14.4 Å². The van der Waals surface area contributed by atoms with E-state index >= 15 is 0 Å². The molecular weight excluding hydrogens is 360 g/mol. The highest BCUT2D eigenvalue weighted by Gasteiger charge is 2.61. The Bertz CT molecular complexity index is 962. The van der Waals surface area contributed by atoms with Crippen molar-refractivity contribution in [2.75, 3.05) is 13.1 Å². The van der Waals surface area contributed by atoms with Gasteiger partial charge >= 0.3 is 0 Å². The number of hydrogen-bond donors (Lipinski definition) is 1. The van der Waals surface area contributed by atoms with Crippen molar-refractivity contribution in [3.63, 3.8) is 0 Å². The third-order valence-corrected chi connectivity index (χ3v) is 5.98. The van der Waals surface area contributed by atoms with Crippen LogP contribution in [0, 0.1) is 5.92 Å². The van der Waals surface area contributed by atoms with Crippen molar-refractivity contribution in [2.24, 2.45) is 5.92 Å². The largest absolute Gasteiger partial charge is 0.470 e. The van der Waals surface area contributed by atoms with Crippen molar-refractivity contribution >= 4 is 11.6 Å². The molecule has 7 heteroatoms. The van der Waals surface area contributed by atoms with E-state index in [1.54, 1.807) is 6.08 Å². The van der Waals surface area contributed by atoms with Crippen LogP contribution in [0.4, 0.5) is 0 Å². The molecule has 144 valence electrons. The number of allylic oxidation sites excluding steroid dienone is 1. The Morgan fingerprint density at radius 3 is 2.75 bits per heavy atom. The summed E-state index contributed by atoms with van der Waals surface area (Å²) in [6.07, 6.45) is 4.47. The number of hydrogen-bond acceptors (Lipinski definition) is 7. The van der Waals surface area contributed by atoms with Crippen LogP contribution in [0.3, 0.4) is 0 Å². The van der Waals surface area contributed by atoms with Gasteiger partial charge in [-0.3, -0.25) is 14.5 Å². The Hall–Kier alpha value is -2.77. The monoisotopic (exact) mass is 380 g/mol. The van der Waals surface area contributed by atoms with Crippen LogP contribution in [0.5, 0.6) is 5.88 Å². The molecule has 0 bridgehead atoms. The molecule has 5 rings (SSSR count). The van der Waals surface area contributed by atoms with E-state index < -0.39 is 23.1 Å². The molecule has 1 aromatic carbocycles. The van der Waals surface area contributed by atoms with Crippen LogP contribution in [0.15, 0.2) is 47.0 Å². The van der Waals surface area contributed by atoms with Crippen LogP contribution >= 0.6 is 0 Å². The molecule has 1 saturated heterocycles. The maximum atomic E-state index is 13.2. The lowest BCUT2D eigenvalue weighted by atomic mass is 9.64. The first kappa shape index (κ1) is 17.3. The molecule has 0 amide bonds. The number of aliphatic hydroxyl groups is 1. The molecule has 2 heterocycles. The predicted molar refractivity (Wildman–Crippen MR) is 97.7 cm³/mol. The van der Waals surface area contributed by atoms with Crippen LogP contribution in [0.2, 0.25) is 0 Å². The molecule has 3 atom stereocenters. The summed E-state index contributed by atoms with van der Waals surface area (Å²) in [6.45, 7) is 1.85. The van der Waals surface area contributed by atoms with E-state index in [1.807, 2.05) is 30.3 Å².